The maximum Gasteiger partial charge on any atom is 0.416 e. The lowest BCUT2D eigenvalue weighted by atomic mass is 10.3. The molecule has 1 aromatic rings. The molecule has 1 rings (SSSR count). The highest BCUT2D eigenvalue weighted by Gasteiger charge is 2.38. The molecule has 5 nitrogen and oxygen atoms in total. The van der Waals surface area contributed by atoms with Gasteiger partial charge in [0.05, 0.1) is 13.7 Å². The molecular weight excluding hydrogens is 279 g/mol. The summed E-state index contributed by atoms with van der Waals surface area (Å²) >= 11 is 0. The van der Waals surface area contributed by atoms with Crippen molar-refractivity contribution in [3.63, 3.8) is 0 Å². The van der Waals surface area contributed by atoms with Gasteiger partial charge in [0.25, 0.3) is 5.91 Å². The lowest BCUT2D eigenvalue weighted by Crippen LogP contribution is -2.42. The van der Waals surface area contributed by atoms with Crippen LogP contribution in [0.5, 0.6) is 11.5 Å². The summed E-state index contributed by atoms with van der Waals surface area (Å²) < 4.78 is 45.9. The van der Waals surface area contributed by atoms with Crippen LogP contribution >= 0.6 is 0 Å². The monoisotopic (exact) mass is 293 g/mol. The molecule has 0 saturated carbocycles. The first-order chi connectivity index (χ1) is 9.32. The summed E-state index contributed by atoms with van der Waals surface area (Å²) in [7, 11) is 1.50. The van der Waals surface area contributed by atoms with E-state index in [1.807, 2.05) is 5.32 Å². The van der Waals surface area contributed by atoms with E-state index in [1.165, 1.54) is 7.11 Å². The maximum absolute atomic E-state index is 12.0. The van der Waals surface area contributed by atoms with E-state index in [1.54, 1.807) is 24.3 Å². The van der Waals surface area contributed by atoms with Crippen molar-refractivity contribution in [2.75, 3.05) is 20.3 Å². The molecule has 0 heterocycles. The van der Waals surface area contributed by atoms with Crippen LogP contribution in [0.1, 0.15) is 0 Å². The molecule has 0 radical (unpaired) electrons. The number of hydrogen-bond donors (Lipinski definition) is 2. The van der Waals surface area contributed by atoms with Gasteiger partial charge in [0.15, 0.2) is 12.7 Å². The van der Waals surface area contributed by atoms with E-state index < -0.39 is 31.3 Å². The van der Waals surface area contributed by atoms with Crippen LogP contribution in [0.3, 0.4) is 0 Å². The van der Waals surface area contributed by atoms with Crippen molar-refractivity contribution in [3.05, 3.63) is 24.3 Å². The Balaban J connectivity index is 2.32. The lowest BCUT2D eigenvalue weighted by Gasteiger charge is -2.15. The van der Waals surface area contributed by atoms with Gasteiger partial charge < -0.3 is 19.9 Å². The minimum absolute atomic E-state index is 0.373. The molecule has 1 atom stereocenters. The molecule has 1 unspecified atom stereocenters. The molecule has 0 spiro atoms. The smallest absolute Gasteiger partial charge is 0.416 e. The van der Waals surface area contributed by atoms with Gasteiger partial charge in [-0.2, -0.15) is 13.2 Å². The normalized spacial score (nSPS) is 12.7. The quantitative estimate of drug-likeness (QED) is 0.824. The fraction of sp³-hybridized carbons (Fsp3) is 0.417. The van der Waals surface area contributed by atoms with Crippen molar-refractivity contribution in [1.82, 2.24) is 5.32 Å². The van der Waals surface area contributed by atoms with Crippen LogP contribution < -0.4 is 14.8 Å². The predicted octanol–water partition coefficient (Wildman–Crippen LogP) is 1.11. The fourth-order valence-corrected chi connectivity index (χ4v) is 1.20. The summed E-state index contributed by atoms with van der Waals surface area (Å²) in [5.41, 5.74) is 0. The predicted molar refractivity (Wildman–Crippen MR) is 63.6 cm³/mol. The number of nitrogens with one attached hydrogen (secondary N) is 1. The zero-order valence-corrected chi connectivity index (χ0v) is 10.6. The van der Waals surface area contributed by atoms with Gasteiger partial charge >= 0.3 is 6.18 Å². The van der Waals surface area contributed by atoms with E-state index in [-0.39, 0.29) is 0 Å². The molecule has 1 aromatic carbocycles. The summed E-state index contributed by atoms with van der Waals surface area (Å²) in [4.78, 5) is 11.2. The molecule has 0 fully saturated rings. The van der Waals surface area contributed by atoms with Crippen LogP contribution in [0, 0.1) is 0 Å². The second-order valence-corrected chi connectivity index (χ2v) is 3.83. The number of alkyl halides is 3. The summed E-state index contributed by atoms with van der Waals surface area (Å²) in [6, 6.07) is 6.33. The van der Waals surface area contributed by atoms with E-state index in [2.05, 4.69) is 0 Å². The van der Waals surface area contributed by atoms with Gasteiger partial charge in [-0.3, -0.25) is 4.79 Å². The van der Waals surface area contributed by atoms with Crippen LogP contribution in [0.4, 0.5) is 13.2 Å². The number of rotatable bonds is 6. The standard InChI is InChI=1S/C12H14F3NO4/c1-19-8-2-4-9(5-3-8)20-7-11(18)16-6-10(17)12(13,14)15/h2-5,10,17H,6-7H2,1H3,(H,16,18). The highest BCUT2D eigenvalue weighted by Crippen LogP contribution is 2.19. The number of aliphatic hydroxyl groups excluding tert-OH is 1. The summed E-state index contributed by atoms with van der Waals surface area (Å²) in [6.07, 6.45) is -7.35. The van der Waals surface area contributed by atoms with Crippen molar-refractivity contribution in [2.45, 2.75) is 12.3 Å². The highest BCUT2D eigenvalue weighted by atomic mass is 19.4. The number of hydrogen-bond acceptors (Lipinski definition) is 4. The average Bonchev–Trinajstić information content (AvgIpc) is 2.41. The van der Waals surface area contributed by atoms with Crippen LogP contribution in [0.25, 0.3) is 0 Å². The third kappa shape index (κ3) is 5.35. The molecule has 0 bridgehead atoms. The molecule has 0 aliphatic rings. The van der Waals surface area contributed by atoms with E-state index in [9.17, 15) is 18.0 Å². The molecule has 0 aliphatic carbocycles. The Morgan fingerprint density at radius 1 is 1.30 bits per heavy atom. The molecule has 0 saturated heterocycles. The number of halogens is 3. The largest absolute Gasteiger partial charge is 0.497 e. The number of carbonyl (C=O) groups is 1. The molecule has 112 valence electrons. The highest BCUT2D eigenvalue weighted by molar-refractivity contribution is 5.77. The van der Waals surface area contributed by atoms with Crippen LogP contribution in [-0.4, -0.2) is 43.6 Å². The maximum atomic E-state index is 12.0. The molecule has 2 N–H and O–H groups in total. The average molecular weight is 293 g/mol. The lowest BCUT2D eigenvalue weighted by molar-refractivity contribution is -0.201. The van der Waals surface area contributed by atoms with Gasteiger partial charge in [0, 0.05) is 0 Å². The minimum Gasteiger partial charge on any atom is -0.497 e. The van der Waals surface area contributed by atoms with Crippen LogP contribution in [-0.2, 0) is 4.79 Å². The second kappa shape index (κ2) is 6.99. The van der Waals surface area contributed by atoms with Gasteiger partial charge in [0.1, 0.15) is 11.5 Å². The van der Waals surface area contributed by atoms with Gasteiger partial charge in [-0.1, -0.05) is 0 Å². The fourth-order valence-electron chi connectivity index (χ4n) is 1.20. The van der Waals surface area contributed by atoms with Crippen LogP contribution in [0.2, 0.25) is 0 Å². The zero-order chi connectivity index (χ0) is 15.2. The Labute approximate surface area is 113 Å². The van der Waals surface area contributed by atoms with Gasteiger partial charge in [-0.05, 0) is 24.3 Å². The van der Waals surface area contributed by atoms with Gasteiger partial charge in [0.2, 0.25) is 0 Å². The Bertz CT molecular complexity index is 433. The zero-order valence-electron chi connectivity index (χ0n) is 10.6. The topological polar surface area (TPSA) is 67.8 Å². The molecule has 0 aliphatic heterocycles. The van der Waals surface area contributed by atoms with E-state index in [0.29, 0.717) is 11.5 Å². The van der Waals surface area contributed by atoms with Crippen molar-refractivity contribution in [2.24, 2.45) is 0 Å². The second-order valence-electron chi connectivity index (χ2n) is 3.83. The Morgan fingerprint density at radius 3 is 2.35 bits per heavy atom. The summed E-state index contributed by atoms with van der Waals surface area (Å²) in [5.74, 6) is 0.219. The molecule has 0 aromatic heterocycles. The third-order valence-electron chi connectivity index (χ3n) is 2.30. The number of methoxy groups -OCH3 is 1. The minimum atomic E-state index is -4.76. The van der Waals surface area contributed by atoms with Crippen LogP contribution in [0.15, 0.2) is 24.3 Å². The number of ether oxygens (including phenoxy) is 2. The van der Waals surface area contributed by atoms with E-state index in [0.717, 1.165) is 0 Å². The van der Waals surface area contributed by atoms with Crippen molar-refractivity contribution >= 4 is 5.91 Å². The SMILES string of the molecule is COc1ccc(OCC(=O)NCC(O)C(F)(F)F)cc1. The molecule has 8 heteroatoms. The Hall–Kier alpha value is -1.96. The number of amides is 1. The summed E-state index contributed by atoms with van der Waals surface area (Å²) in [5, 5.41) is 10.6. The number of carbonyl (C=O) groups excluding carboxylic acids is 1. The Morgan fingerprint density at radius 2 is 1.85 bits per heavy atom. The molecular formula is C12H14F3NO4. The Kier molecular flexibility index (Phi) is 5.63. The molecule has 20 heavy (non-hydrogen) atoms. The van der Waals surface area contributed by atoms with Crippen molar-refractivity contribution in [3.8, 4) is 11.5 Å². The van der Waals surface area contributed by atoms with Crippen molar-refractivity contribution in [1.29, 1.82) is 0 Å². The first kappa shape index (κ1) is 16.1. The number of aliphatic hydroxyl groups is 1. The van der Waals surface area contributed by atoms with E-state index >= 15 is 0 Å². The first-order valence-electron chi connectivity index (χ1n) is 5.61. The summed E-state index contributed by atoms with van der Waals surface area (Å²) in [6.45, 7) is -1.36. The number of benzene rings is 1. The van der Waals surface area contributed by atoms with E-state index in [4.69, 9.17) is 14.6 Å². The van der Waals surface area contributed by atoms with Gasteiger partial charge in [-0.15, -0.1) is 0 Å². The van der Waals surface area contributed by atoms with Gasteiger partial charge in [-0.25, -0.2) is 0 Å². The first-order valence-corrected chi connectivity index (χ1v) is 5.61. The third-order valence-corrected chi connectivity index (χ3v) is 2.30. The molecule has 1 amide bonds. The van der Waals surface area contributed by atoms with Crippen molar-refractivity contribution < 1.29 is 32.5 Å².